The lowest BCUT2D eigenvalue weighted by molar-refractivity contribution is 0.101. The van der Waals surface area contributed by atoms with Gasteiger partial charge in [-0.15, -0.1) is 16.3 Å². The normalized spacial score (nSPS) is 8.82. The van der Waals surface area contributed by atoms with E-state index in [0.29, 0.717) is 5.69 Å². The third-order valence-electron chi connectivity index (χ3n) is 0.994. The average Bonchev–Trinajstić information content (AvgIpc) is 2.37. The highest BCUT2D eigenvalue weighted by Gasteiger charge is 2.03. The van der Waals surface area contributed by atoms with Crippen LogP contribution in [0.2, 0.25) is 0 Å². The summed E-state index contributed by atoms with van der Waals surface area (Å²) in [7, 11) is 0. The Bertz CT molecular complexity index is 309. The Morgan fingerprint density at radius 3 is 3.00 bits per heavy atom. The van der Waals surface area contributed by atoms with E-state index in [-0.39, 0.29) is 10.9 Å². The molecule has 5 heteroatoms. The van der Waals surface area contributed by atoms with Crippen molar-refractivity contribution < 1.29 is 9.59 Å². The molecule has 0 amide bonds. The summed E-state index contributed by atoms with van der Waals surface area (Å²) < 4.78 is 0. The minimum absolute atomic E-state index is 0.131. The zero-order chi connectivity index (χ0) is 8.27. The first-order valence-electron chi connectivity index (χ1n) is 2.78. The molecule has 0 saturated carbocycles. The van der Waals surface area contributed by atoms with E-state index in [1.165, 1.54) is 13.0 Å². The zero-order valence-electron chi connectivity index (χ0n) is 5.70. The minimum atomic E-state index is -0.131. The Balaban J connectivity index is 2.99. The smallest absolute Gasteiger partial charge is 0.242 e. The molecule has 0 aliphatic carbocycles. The van der Waals surface area contributed by atoms with Crippen molar-refractivity contribution in [2.75, 3.05) is 0 Å². The van der Waals surface area contributed by atoms with Crippen LogP contribution in [0.15, 0.2) is 10.4 Å². The van der Waals surface area contributed by atoms with E-state index >= 15 is 0 Å². The second kappa shape index (κ2) is 3.18. The minimum Gasteiger partial charge on any atom is -0.293 e. The fourth-order valence-corrected chi connectivity index (χ4v) is 1.19. The van der Waals surface area contributed by atoms with Gasteiger partial charge in [0, 0.05) is 12.3 Å². The molecule has 1 aromatic rings. The standard InChI is InChI=1S/C6H4N2O2S/c1-4(10)5-2-11-6(8-5)7-3-9/h2H,1H3. The Kier molecular flexibility index (Phi) is 2.25. The van der Waals surface area contributed by atoms with Crippen LogP contribution in [-0.4, -0.2) is 16.8 Å². The van der Waals surface area contributed by atoms with Gasteiger partial charge < -0.3 is 0 Å². The van der Waals surface area contributed by atoms with Crippen molar-refractivity contribution in [1.82, 2.24) is 4.98 Å². The van der Waals surface area contributed by atoms with Crippen LogP contribution in [0.25, 0.3) is 0 Å². The van der Waals surface area contributed by atoms with Gasteiger partial charge in [-0.1, -0.05) is 0 Å². The lowest BCUT2D eigenvalue weighted by Gasteiger charge is -1.80. The second-order valence-corrected chi connectivity index (χ2v) is 2.61. The van der Waals surface area contributed by atoms with Gasteiger partial charge in [0.25, 0.3) is 0 Å². The Morgan fingerprint density at radius 1 is 1.82 bits per heavy atom. The molecule has 0 aliphatic heterocycles. The van der Waals surface area contributed by atoms with E-state index in [4.69, 9.17) is 0 Å². The fourth-order valence-electron chi connectivity index (χ4n) is 0.516. The van der Waals surface area contributed by atoms with Crippen molar-refractivity contribution >= 4 is 28.3 Å². The number of carbonyl (C=O) groups excluding carboxylic acids is 2. The number of ketones is 1. The number of aliphatic imine (C=N–C) groups is 1. The van der Waals surface area contributed by atoms with Crippen LogP contribution in [0.5, 0.6) is 0 Å². The lowest BCUT2D eigenvalue weighted by Crippen LogP contribution is -1.89. The number of hydrogen-bond acceptors (Lipinski definition) is 5. The van der Waals surface area contributed by atoms with E-state index in [0.717, 1.165) is 11.3 Å². The summed E-state index contributed by atoms with van der Waals surface area (Å²) in [4.78, 5) is 27.4. The van der Waals surface area contributed by atoms with Crippen molar-refractivity contribution in [3.05, 3.63) is 11.1 Å². The molecule has 0 aliphatic rings. The van der Waals surface area contributed by atoms with Crippen LogP contribution in [0.4, 0.5) is 5.13 Å². The summed E-state index contributed by atoms with van der Waals surface area (Å²) >= 11 is 1.14. The SMILES string of the molecule is CC(=O)c1csc(N=C=O)n1. The van der Waals surface area contributed by atoms with Gasteiger partial charge in [-0.3, -0.25) is 4.79 Å². The summed E-state index contributed by atoms with van der Waals surface area (Å²) in [5, 5.41) is 1.82. The molecule has 0 radical (unpaired) electrons. The van der Waals surface area contributed by atoms with Crippen LogP contribution < -0.4 is 0 Å². The van der Waals surface area contributed by atoms with E-state index < -0.39 is 0 Å². The summed E-state index contributed by atoms with van der Waals surface area (Å²) in [5.74, 6) is -0.131. The molecule has 1 heterocycles. The van der Waals surface area contributed by atoms with Crippen molar-refractivity contribution in [3.8, 4) is 0 Å². The van der Waals surface area contributed by atoms with Gasteiger partial charge in [0.15, 0.2) is 5.78 Å². The van der Waals surface area contributed by atoms with Crippen LogP contribution in [0.1, 0.15) is 17.4 Å². The molecule has 0 spiro atoms. The largest absolute Gasteiger partial charge is 0.293 e. The predicted molar refractivity (Wildman–Crippen MR) is 39.9 cm³/mol. The Morgan fingerprint density at radius 2 is 2.55 bits per heavy atom. The molecule has 0 aromatic carbocycles. The zero-order valence-corrected chi connectivity index (χ0v) is 6.51. The number of rotatable bonds is 2. The van der Waals surface area contributed by atoms with E-state index in [1.807, 2.05) is 0 Å². The maximum Gasteiger partial charge on any atom is 0.242 e. The van der Waals surface area contributed by atoms with Crippen LogP contribution >= 0.6 is 11.3 Å². The van der Waals surface area contributed by atoms with Crippen LogP contribution in [0, 0.1) is 0 Å². The third kappa shape index (κ3) is 1.80. The van der Waals surface area contributed by atoms with Gasteiger partial charge in [0.1, 0.15) is 5.69 Å². The highest BCUT2D eigenvalue weighted by Crippen LogP contribution is 2.17. The van der Waals surface area contributed by atoms with Gasteiger partial charge in [-0.05, 0) is 0 Å². The number of aromatic nitrogens is 1. The molecule has 0 atom stereocenters. The fraction of sp³-hybridized carbons (Fsp3) is 0.167. The number of Topliss-reactive ketones (excluding diaryl/α,β-unsaturated/α-hetero) is 1. The maximum atomic E-state index is 10.7. The molecule has 0 N–H and O–H groups in total. The molecule has 4 nitrogen and oxygen atoms in total. The molecular formula is C6H4N2O2S. The number of hydrogen-bond donors (Lipinski definition) is 0. The monoisotopic (exact) mass is 168 g/mol. The van der Waals surface area contributed by atoms with Gasteiger partial charge in [0.05, 0.1) is 0 Å². The first-order chi connectivity index (χ1) is 5.24. The Labute approximate surface area is 66.6 Å². The van der Waals surface area contributed by atoms with Gasteiger partial charge in [-0.2, -0.15) is 0 Å². The van der Waals surface area contributed by atoms with E-state index in [9.17, 15) is 9.59 Å². The maximum absolute atomic E-state index is 10.7. The summed E-state index contributed by atoms with van der Waals surface area (Å²) in [6, 6.07) is 0. The van der Waals surface area contributed by atoms with Gasteiger partial charge in [-0.25, -0.2) is 9.78 Å². The lowest BCUT2D eigenvalue weighted by atomic mass is 10.4. The molecule has 0 saturated heterocycles. The highest BCUT2D eigenvalue weighted by atomic mass is 32.1. The average molecular weight is 168 g/mol. The number of isocyanates is 1. The molecule has 0 fully saturated rings. The molecule has 56 valence electrons. The van der Waals surface area contributed by atoms with Crippen molar-refractivity contribution in [1.29, 1.82) is 0 Å². The van der Waals surface area contributed by atoms with Gasteiger partial charge >= 0.3 is 0 Å². The summed E-state index contributed by atoms with van der Waals surface area (Å²) in [6.07, 6.45) is 1.35. The summed E-state index contributed by atoms with van der Waals surface area (Å²) in [6.45, 7) is 1.41. The Hall–Kier alpha value is -1.32. The number of thiazole rings is 1. The third-order valence-corrected chi connectivity index (χ3v) is 1.73. The van der Waals surface area contributed by atoms with Crippen molar-refractivity contribution in [2.45, 2.75) is 6.92 Å². The van der Waals surface area contributed by atoms with Crippen molar-refractivity contribution in [3.63, 3.8) is 0 Å². The summed E-state index contributed by atoms with van der Waals surface area (Å²) in [5.41, 5.74) is 0.337. The number of nitrogens with zero attached hydrogens (tertiary/aromatic N) is 2. The molecule has 1 rings (SSSR count). The van der Waals surface area contributed by atoms with Crippen molar-refractivity contribution in [2.24, 2.45) is 4.99 Å². The van der Waals surface area contributed by atoms with E-state index in [1.54, 1.807) is 5.38 Å². The number of carbonyl (C=O) groups is 1. The molecule has 0 unspecified atom stereocenters. The quantitative estimate of drug-likeness (QED) is 0.380. The molecule has 0 bridgehead atoms. The highest BCUT2D eigenvalue weighted by molar-refractivity contribution is 7.13. The van der Waals surface area contributed by atoms with Gasteiger partial charge in [0.2, 0.25) is 11.2 Å². The first-order valence-corrected chi connectivity index (χ1v) is 3.66. The molecule has 11 heavy (non-hydrogen) atoms. The first kappa shape index (κ1) is 7.78. The molecular weight excluding hydrogens is 164 g/mol. The van der Waals surface area contributed by atoms with Crippen LogP contribution in [-0.2, 0) is 4.79 Å². The topological polar surface area (TPSA) is 59.4 Å². The molecule has 1 aromatic heterocycles. The second-order valence-electron chi connectivity index (χ2n) is 1.77. The van der Waals surface area contributed by atoms with E-state index in [2.05, 4.69) is 9.98 Å². The predicted octanol–water partition coefficient (Wildman–Crippen LogP) is 1.31. The van der Waals surface area contributed by atoms with Crippen LogP contribution in [0.3, 0.4) is 0 Å².